The van der Waals surface area contributed by atoms with Gasteiger partial charge >= 0.3 is 0 Å². The van der Waals surface area contributed by atoms with Crippen LogP contribution < -0.4 is 9.80 Å². The summed E-state index contributed by atoms with van der Waals surface area (Å²) >= 11 is 0. The van der Waals surface area contributed by atoms with Crippen molar-refractivity contribution in [2.75, 3.05) is 9.80 Å². The lowest BCUT2D eigenvalue weighted by Gasteiger charge is -2.32. The second kappa shape index (κ2) is 23.1. The molecule has 0 unspecified atom stereocenters. The van der Waals surface area contributed by atoms with E-state index in [-0.39, 0.29) is 27.1 Å². The van der Waals surface area contributed by atoms with E-state index in [0.29, 0.717) is 0 Å². The highest BCUT2D eigenvalue weighted by Crippen LogP contribution is 2.66. The number of hydrogen-bond donors (Lipinski definition) is 0. The Hall–Kier alpha value is -12.9. The molecule has 7 aliphatic rings. The molecule has 16 aromatic rings. The van der Waals surface area contributed by atoms with Crippen molar-refractivity contribution in [3.63, 3.8) is 0 Å². The molecular formula is C107H78N2. The number of benzene rings is 16. The summed E-state index contributed by atoms with van der Waals surface area (Å²) < 4.78 is 0. The van der Waals surface area contributed by atoms with Crippen molar-refractivity contribution < 1.29 is 0 Å². The highest BCUT2D eigenvalue weighted by Gasteiger charge is 2.54. The third-order valence-electron chi connectivity index (χ3n) is 26.2. The lowest BCUT2D eigenvalue weighted by atomic mass is 9.70. The minimum Gasteiger partial charge on any atom is -0.310 e. The Morgan fingerprint density at radius 2 is 0.349 bits per heavy atom. The van der Waals surface area contributed by atoms with Crippen molar-refractivity contribution in [3.05, 3.63) is 442 Å². The van der Waals surface area contributed by atoms with Gasteiger partial charge in [-0.25, -0.2) is 0 Å². The van der Waals surface area contributed by atoms with Gasteiger partial charge in [-0.2, -0.15) is 0 Å². The molecule has 0 saturated carbocycles. The Kier molecular flexibility index (Phi) is 13.4. The largest absolute Gasteiger partial charge is 0.310 e. The van der Waals surface area contributed by atoms with Crippen LogP contribution in [0.15, 0.2) is 364 Å². The van der Waals surface area contributed by atoms with Gasteiger partial charge in [-0.3, -0.25) is 0 Å². The predicted octanol–water partition coefficient (Wildman–Crippen LogP) is 27.6. The molecule has 0 aromatic heterocycles. The number of nitrogens with zero attached hydrogens (tertiary/aromatic N) is 2. The maximum absolute atomic E-state index is 2.52. The highest BCUT2D eigenvalue weighted by molar-refractivity contribution is 6.00. The average Bonchev–Trinajstić information content (AvgIpc) is 1.51. The third-order valence-corrected chi connectivity index (χ3v) is 26.2. The van der Waals surface area contributed by atoms with Gasteiger partial charge in [0.25, 0.3) is 0 Å². The average molecular weight is 1390 g/mol. The summed E-state index contributed by atoms with van der Waals surface area (Å²) in [6.45, 7) is 14.2. The van der Waals surface area contributed by atoms with Crippen LogP contribution in [0.3, 0.4) is 0 Å². The summed E-state index contributed by atoms with van der Waals surface area (Å²) in [4.78, 5) is 4.97. The predicted molar refractivity (Wildman–Crippen MR) is 453 cm³/mol. The maximum Gasteiger partial charge on any atom is 0.0725 e. The molecule has 0 aliphatic heterocycles. The molecule has 109 heavy (non-hydrogen) atoms. The summed E-state index contributed by atoms with van der Waals surface area (Å²) in [6.07, 6.45) is 0. The molecule has 0 bridgehead atoms. The lowest BCUT2D eigenvalue weighted by Crippen LogP contribution is -2.25. The summed E-state index contributed by atoms with van der Waals surface area (Å²) in [7, 11) is 0. The van der Waals surface area contributed by atoms with E-state index in [4.69, 9.17) is 0 Å². The quantitative estimate of drug-likeness (QED) is 0.157. The van der Waals surface area contributed by atoms with Crippen LogP contribution in [0.1, 0.15) is 119 Å². The first-order valence-electron chi connectivity index (χ1n) is 38.7. The summed E-state index contributed by atoms with van der Waals surface area (Å²) in [6, 6.07) is 137. The first kappa shape index (κ1) is 63.4. The SMILES string of the molecule is CC1(C)c2ccccc2-c2ccc(N(c3ccc(-c4ccccc4)cc3)c3ccc4c(c3)-c3ccccc3C43c4ccccc4-c4ccccc43)cc21.CC1(C)c2ccccc2-c2ccc(N(c3ccc4c(c3)-c3ccccc3C43c4ccccc4-c4ccccc43)c3ccc4c(c3)C(C)(C)c3ccccc3-4)cc21. The zero-order chi connectivity index (χ0) is 72.9. The zero-order valence-electron chi connectivity index (χ0n) is 62.0. The molecule has 0 amide bonds. The van der Waals surface area contributed by atoms with Crippen molar-refractivity contribution in [1.82, 2.24) is 0 Å². The number of rotatable bonds is 7. The Labute approximate surface area is 639 Å². The molecule has 0 saturated heterocycles. The molecule has 7 aliphatic carbocycles. The molecule has 16 aromatic carbocycles. The van der Waals surface area contributed by atoms with Crippen molar-refractivity contribution in [1.29, 1.82) is 0 Å². The van der Waals surface area contributed by atoms with Crippen LogP contribution in [0.2, 0.25) is 0 Å². The monoisotopic (exact) mass is 1390 g/mol. The summed E-state index contributed by atoms with van der Waals surface area (Å²) in [5, 5.41) is 0. The molecule has 0 atom stereocenters. The minimum absolute atomic E-state index is 0.0999. The van der Waals surface area contributed by atoms with Crippen LogP contribution >= 0.6 is 0 Å². The van der Waals surface area contributed by atoms with E-state index in [0.717, 1.165) is 22.7 Å². The lowest BCUT2D eigenvalue weighted by molar-refractivity contribution is 0.660. The van der Waals surface area contributed by atoms with E-state index in [1.165, 1.54) is 178 Å². The molecule has 2 spiro atoms. The normalized spacial score (nSPS) is 15.2. The molecule has 0 heterocycles. The van der Waals surface area contributed by atoms with Crippen LogP contribution in [-0.4, -0.2) is 0 Å². The van der Waals surface area contributed by atoms with Gasteiger partial charge in [0, 0.05) is 50.4 Å². The Morgan fingerprint density at radius 1 is 0.147 bits per heavy atom. The topological polar surface area (TPSA) is 6.48 Å². The first-order chi connectivity index (χ1) is 53.3. The van der Waals surface area contributed by atoms with Gasteiger partial charge in [0.2, 0.25) is 0 Å². The fourth-order valence-corrected chi connectivity index (χ4v) is 21.3. The smallest absolute Gasteiger partial charge is 0.0725 e. The van der Waals surface area contributed by atoms with Gasteiger partial charge in [0.05, 0.1) is 10.8 Å². The van der Waals surface area contributed by atoms with Crippen LogP contribution in [0.5, 0.6) is 0 Å². The van der Waals surface area contributed by atoms with Crippen LogP contribution in [0.25, 0.3) is 89.0 Å². The second-order valence-corrected chi connectivity index (χ2v) is 32.5. The van der Waals surface area contributed by atoms with Crippen molar-refractivity contribution in [2.45, 2.75) is 68.6 Å². The Balaban J connectivity index is 0.000000135. The summed E-state index contributed by atoms with van der Waals surface area (Å²) in [5.41, 5.74) is 46.2. The molecule has 2 heteroatoms. The number of hydrogen-bond acceptors (Lipinski definition) is 2. The van der Waals surface area contributed by atoms with Crippen molar-refractivity contribution in [3.8, 4) is 89.0 Å². The van der Waals surface area contributed by atoms with Gasteiger partial charge in [-0.15, -0.1) is 0 Å². The highest BCUT2D eigenvalue weighted by atomic mass is 15.1. The van der Waals surface area contributed by atoms with E-state index < -0.39 is 0 Å². The second-order valence-electron chi connectivity index (χ2n) is 32.5. The maximum atomic E-state index is 2.52. The zero-order valence-corrected chi connectivity index (χ0v) is 62.0. The van der Waals surface area contributed by atoms with Crippen LogP contribution in [0, 0.1) is 0 Å². The Bertz CT molecular complexity index is 6340. The van der Waals surface area contributed by atoms with E-state index in [1.807, 2.05) is 0 Å². The number of anilines is 6. The fourth-order valence-electron chi connectivity index (χ4n) is 21.3. The molecule has 23 rings (SSSR count). The van der Waals surface area contributed by atoms with Gasteiger partial charge < -0.3 is 9.80 Å². The van der Waals surface area contributed by atoms with Gasteiger partial charge in [0.1, 0.15) is 0 Å². The molecule has 0 radical (unpaired) electrons. The van der Waals surface area contributed by atoms with Crippen LogP contribution in [-0.2, 0) is 27.1 Å². The van der Waals surface area contributed by atoms with E-state index in [1.54, 1.807) is 0 Å². The van der Waals surface area contributed by atoms with Gasteiger partial charge in [0.15, 0.2) is 0 Å². The van der Waals surface area contributed by atoms with Crippen molar-refractivity contribution in [2.24, 2.45) is 0 Å². The number of fused-ring (bicyclic) bond motifs is 29. The van der Waals surface area contributed by atoms with E-state index in [9.17, 15) is 0 Å². The fraction of sp³-hybridized carbons (Fsp3) is 0.103. The molecule has 2 nitrogen and oxygen atoms in total. The molecule has 516 valence electrons. The molecular weight excluding hydrogens is 1310 g/mol. The molecule has 0 N–H and O–H groups in total. The van der Waals surface area contributed by atoms with Crippen molar-refractivity contribution >= 4 is 34.1 Å². The van der Waals surface area contributed by atoms with Gasteiger partial charge in [-0.1, -0.05) is 333 Å². The third kappa shape index (κ3) is 8.63. The molecule has 0 fully saturated rings. The van der Waals surface area contributed by atoms with Crippen LogP contribution in [0.4, 0.5) is 34.1 Å². The Morgan fingerprint density at radius 3 is 0.661 bits per heavy atom. The first-order valence-corrected chi connectivity index (χ1v) is 38.7. The summed E-state index contributed by atoms with van der Waals surface area (Å²) in [5.74, 6) is 0. The standard InChI is InChI=1S/C55H41N.C52H37N/c1-53(2)45-20-10-5-15-37(45)42-28-25-35(32-51(42)53)56(36-26-29-43-38-16-6-11-21-46(38)54(3,4)52(43)33-36)34-27-30-50-44(31-34)41-19-9-14-24-49(41)55(50)47-22-12-7-17-39(47)40-18-8-13-23-48(40)55;1-51(2)45-20-10-6-16-39(45)43-30-28-38(33-50(43)51)53(36-26-24-35(25-27-36)34-14-4-3-5-15-34)37-29-31-49-44(32-37)42-19-9-13-23-48(42)52(49)46-21-11-7-17-40(46)41-18-8-12-22-47(41)52/h5-33H,1-4H3;3-33H,1-2H3. The van der Waals surface area contributed by atoms with E-state index >= 15 is 0 Å². The minimum atomic E-state index is -0.366. The van der Waals surface area contributed by atoms with E-state index in [2.05, 4.69) is 415 Å². The van der Waals surface area contributed by atoms with Gasteiger partial charge in [-0.05, 0) is 240 Å².